The molecule has 0 amide bonds. The molecule has 2 N–H and O–H groups in total. The van der Waals surface area contributed by atoms with E-state index < -0.39 is 6.10 Å². The second kappa shape index (κ2) is 7.73. The Kier molecular flexibility index (Phi) is 5.15. The third-order valence-electron chi connectivity index (χ3n) is 5.51. The largest absolute Gasteiger partial charge is 0.386 e. The highest BCUT2D eigenvalue weighted by atomic mass is 16.3. The van der Waals surface area contributed by atoms with Crippen LogP contribution in [-0.4, -0.2) is 31.3 Å². The Morgan fingerprint density at radius 1 is 1.21 bits per heavy atom. The number of aromatic amines is 1. The lowest BCUT2D eigenvalue weighted by Crippen LogP contribution is -2.34. The van der Waals surface area contributed by atoms with E-state index in [2.05, 4.69) is 15.0 Å². The number of aliphatic hydroxyl groups excluding tert-OH is 1. The van der Waals surface area contributed by atoms with E-state index in [4.69, 9.17) is 0 Å². The van der Waals surface area contributed by atoms with Crippen LogP contribution in [0.15, 0.2) is 47.4 Å². The number of H-pyrrole nitrogens is 1. The van der Waals surface area contributed by atoms with Crippen molar-refractivity contribution in [3.63, 3.8) is 0 Å². The number of pyridine rings is 1. The van der Waals surface area contributed by atoms with E-state index in [1.807, 2.05) is 54.9 Å². The highest BCUT2D eigenvalue weighted by molar-refractivity contribution is 5.24. The maximum atomic E-state index is 12.2. The molecular weight excluding hydrogens is 352 g/mol. The average Bonchev–Trinajstić information content (AvgIpc) is 3.13. The maximum absolute atomic E-state index is 12.2. The molecule has 0 aliphatic carbocycles. The van der Waals surface area contributed by atoms with Crippen molar-refractivity contribution in [2.45, 2.75) is 46.0 Å². The third-order valence-corrected chi connectivity index (χ3v) is 5.51. The van der Waals surface area contributed by atoms with Crippen LogP contribution in [-0.2, 0) is 26.1 Å². The van der Waals surface area contributed by atoms with Crippen LogP contribution < -0.4 is 5.43 Å². The first-order valence-electron chi connectivity index (χ1n) is 9.70. The van der Waals surface area contributed by atoms with Crippen LogP contribution in [0, 0.1) is 13.8 Å². The fourth-order valence-electron chi connectivity index (χ4n) is 3.77. The van der Waals surface area contributed by atoms with Crippen LogP contribution in [0.1, 0.15) is 39.9 Å². The summed E-state index contributed by atoms with van der Waals surface area (Å²) in [6, 6.07) is 12.0. The molecule has 0 fully saturated rings. The molecule has 1 aliphatic heterocycles. The Labute approximate surface area is 164 Å². The lowest BCUT2D eigenvalue weighted by atomic mass is 10.1. The molecule has 0 saturated carbocycles. The number of nitrogens with one attached hydrogen (secondary N) is 1. The van der Waals surface area contributed by atoms with Crippen LogP contribution in [0.3, 0.4) is 0 Å². The van der Waals surface area contributed by atoms with Crippen molar-refractivity contribution in [3.8, 4) is 0 Å². The number of hydrogen-bond acceptors (Lipinski definition) is 4. The summed E-state index contributed by atoms with van der Waals surface area (Å²) < 4.78 is 1.99. The van der Waals surface area contributed by atoms with Crippen LogP contribution >= 0.6 is 0 Å². The molecule has 146 valence electrons. The van der Waals surface area contributed by atoms with Gasteiger partial charge in [-0.2, -0.15) is 5.10 Å². The third kappa shape index (κ3) is 3.79. The number of hydrogen-bond donors (Lipinski definition) is 2. The Bertz CT molecular complexity index is 1020. The Balaban J connectivity index is 1.46. The fraction of sp³-hybridized carbons (Fsp3) is 0.364. The summed E-state index contributed by atoms with van der Waals surface area (Å²) in [5.74, 6) is 0. The summed E-state index contributed by atoms with van der Waals surface area (Å²) >= 11 is 0. The molecule has 0 bridgehead atoms. The molecular formula is C22H26N4O2. The molecule has 3 aromatic rings. The van der Waals surface area contributed by atoms with Gasteiger partial charge in [0.2, 0.25) is 0 Å². The zero-order valence-electron chi connectivity index (χ0n) is 16.4. The van der Waals surface area contributed by atoms with E-state index in [1.165, 1.54) is 0 Å². The minimum Gasteiger partial charge on any atom is -0.386 e. The average molecular weight is 378 g/mol. The Morgan fingerprint density at radius 2 is 2.00 bits per heavy atom. The molecule has 0 unspecified atom stereocenters. The van der Waals surface area contributed by atoms with Crippen LogP contribution in [0.5, 0.6) is 0 Å². The van der Waals surface area contributed by atoms with Crippen molar-refractivity contribution >= 4 is 0 Å². The topological polar surface area (TPSA) is 74.2 Å². The number of aliphatic hydroxyl groups is 1. The van der Waals surface area contributed by atoms with Gasteiger partial charge in [-0.05, 0) is 25.5 Å². The summed E-state index contributed by atoms with van der Waals surface area (Å²) in [6.45, 7) is 6.81. The standard InChI is InChI=1S/C22H26N4O2/c1-15-12-23-20(16(2)22(15)28)14-25-8-9-26-18(13-25)11-19(24-26)21(27)10-17-6-4-3-5-7-17/h3-7,11-12,21,27H,8-10,13-14H2,1-2H3,(H,23,28)/t21-/m1/s1. The van der Waals surface area contributed by atoms with Gasteiger partial charge in [0.25, 0.3) is 0 Å². The van der Waals surface area contributed by atoms with Gasteiger partial charge in [-0.15, -0.1) is 0 Å². The van der Waals surface area contributed by atoms with E-state index in [0.717, 1.165) is 53.4 Å². The van der Waals surface area contributed by atoms with E-state index in [1.54, 1.807) is 6.20 Å². The van der Waals surface area contributed by atoms with Gasteiger partial charge in [0, 0.05) is 49.1 Å². The normalized spacial score (nSPS) is 15.4. The van der Waals surface area contributed by atoms with Gasteiger partial charge >= 0.3 is 0 Å². The predicted molar refractivity (Wildman–Crippen MR) is 108 cm³/mol. The monoisotopic (exact) mass is 378 g/mol. The number of aryl methyl sites for hydroxylation is 1. The molecule has 28 heavy (non-hydrogen) atoms. The van der Waals surface area contributed by atoms with Crippen LogP contribution in [0.25, 0.3) is 0 Å². The highest BCUT2D eigenvalue weighted by Crippen LogP contribution is 2.22. The number of fused-ring (bicyclic) bond motifs is 1. The molecule has 1 aromatic carbocycles. The van der Waals surface area contributed by atoms with Gasteiger partial charge in [-0.25, -0.2) is 0 Å². The molecule has 6 nitrogen and oxygen atoms in total. The van der Waals surface area contributed by atoms with Gasteiger partial charge in [-0.1, -0.05) is 30.3 Å². The minimum atomic E-state index is -0.607. The van der Waals surface area contributed by atoms with E-state index in [-0.39, 0.29) is 5.43 Å². The predicted octanol–water partition coefficient (Wildman–Crippen LogP) is 2.48. The zero-order valence-corrected chi connectivity index (χ0v) is 16.4. The van der Waals surface area contributed by atoms with Crippen molar-refractivity contribution in [2.24, 2.45) is 0 Å². The molecule has 4 rings (SSSR count). The first-order chi connectivity index (χ1) is 13.5. The summed E-state index contributed by atoms with van der Waals surface area (Å²) in [5, 5.41) is 15.2. The molecule has 1 atom stereocenters. The van der Waals surface area contributed by atoms with Crippen molar-refractivity contribution in [2.75, 3.05) is 6.54 Å². The van der Waals surface area contributed by atoms with Crippen molar-refractivity contribution in [1.29, 1.82) is 0 Å². The lowest BCUT2D eigenvalue weighted by Gasteiger charge is -2.27. The van der Waals surface area contributed by atoms with Crippen molar-refractivity contribution in [1.82, 2.24) is 19.7 Å². The van der Waals surface area contributed by atoms with Crippen molar-refractivity contribution < 1.29 is 5.11 Å². The van der Waals surface area contributed by atoms with Crippen molar-refractivity contribution in [3.05, 3.63) is 86.6 Å². The number of benzene rings is 1. The molecule has 0 saturated heterocycles. The first-order valence-corrected chi connectivity index (χ1v) is 9.70. The molecule has 0 spiro atoms. The van der Waals surface area contributed by atoms with Gasteiger partial charge in [0.05, 0.1) is 17.9 Å². The zero-order chi connectivity index (χ0) is 19.7. The SMILES string of the molecule is Cc1c[nH]c(CN2CCn3nc([C@H](O)Cc4ccccc4)cc3C2)c(C)c1=O. The van der Waals surface area contributed by atoms with Gasteiger partial charge in [-0.3, -0.25) is 14.4 Å². The second-order valence-corrected chi connectivity index (χ2v) is 7.60. The van der Waals surface area contributed by atoms with Gasteiger partial charge in [0.15, 0.2) is 5.43 Å². The number of nitrogens with zero attached hydrogens (tertiary/aromatic N) is 3. The Morgan fingerprint density at radius 3 is 2.79 bits per heavy atom. The number of aromatic nitrogens is 3. The number of rotatable bonds is 5. The molecule has 3 heterocycles. The van der Waals surface area contributed by atoms with Gasteiger partial charge in [0.1, 0.15) is 6.10 Å². The maximum Gasteiger partial charge on any atom is 0.187 e. The smallest absolute Gasteiger partial charge is 0.187 e. The van der Waals surface area contributed by atoms with E-state index >= 15 is 0 Å². The second-order valence-electron chi connectivity index (χ2n) is 7.60. The fourth-order valence-corrected chi connectivity index (χ4v) is 3.77. The van der Waals surface area contributed by atoms with E-state index in [0.29, 0.717) is 13.0 Å². The summed E-state index contributed by atoms with van der Waals surface area (Å²) in [7, 11) is 0. The summed E-state index contributed by atoms with van der Waals surface area (Å²) in [5.41, 5.74) is 5.53. The highest BCUT2D eigenvalue weighted by Gasteiger charge is 2.22. The molecule has 0 radical (unpaired) electrons. The van der Waals surface area contributed by atoms with Gasteiger partial charge < -0.3 is 10.1 Å². The summed E-state index contributed by atoms with van der Waals surface area (Å²) in [6.07, 6.45) is 1.74. The van der Waals surface area contributed by atoms with Crippen LogP contribution in [0.2, 0.25) is 0 Å². The first kappa shape index (κ1) is 18.7. The molecule has 6 heteroatoms. The molecule has 1 aliphatic rings. The lowest BCUT2D eigenvalue weighted by molar-refractivity contribution is 0.171. The quantitative estimate of drug-likeness (QED) is 0.715. The van der Waals surface area contributed by atoms with Crippen LogP contribution in [0.4, 0.5) is 0 Å². The molecule has 2 aromatic heterocycles. The Hall–Kier alpha value is -2.70. The van der Waals surface area contributed by atoms with E-state index in [9.17, 15) is 9.90 Å². The summed E-state index contributed by atoms with van der Waals surface area (Å²) in [4.78, 5) is 17.7. The minimum absolute atomic E-state index is 0.113.